The summed E-state index contributed by atoms with van der Waals surface area (Å²) in [7, 11) is 0. The van der Waals surface area contributed by atoms with Crippen LogP contribution in [0.25, 0.3) is 0 Å². The number of aliphatic carboxylic acids is 1. The molecule has 0 saturated carbocycles. The van der Waals surface area contributed by atoms with Gasteiger partial charge in [0.15, 0.2) is 0 Å². The highest BCUT2D eigenvalue weighted by Crippen LogP contribution is 2.08. The molecule has 2 heterocycles. The van der Waals surface area contributed by atoms with E-state index in [1.807, 2.05) is 0 Å². The van der Waals surface area contributed by atoms with Crippen molar-refractivity contribution in [3.8, 4) is 0 Å². The van der Waals surface area contributed by atoms with E-state index in [9.17, 15) is 19.2 Å². The Labute approximate surface area is 106 Å². The predicted molar refractivity (Wildman–Crippen MR) is 60.3 cm³/mol. The summed E-state index contributed by atoms with van der Waals surface area (Å²) in [6.07, 6.45) is 1.99. The van der Waals surface area contributed by atoms with E-state index >= 15 is 0 Å². The van der Waals surface area contributed by atoms with Gasteiger partial charge in [0.25, 0.3) is 11.5 Å². The molecule has 1 aromatic rings. The molecule has 0 aromatic carbocycles. The molecule has 0 radical (unpaired) electrons. The van der Waals surface area contributed by atoms with Crippen LogP contribution in [0.3, 0.4) is 0 Å². The van der Waals surface area contributed by atoms with E-state index in [0.29, 0.717) is 0 Å². The molecule has 1 aromatic heterocycles. The molecule has 0 bridgehead atoms. The van der Waals surface area contributed by atoms with Gasteiger partial charge in [-0.15, -0.1) is 0 Å². The van der Waals surface area contributed by atoms with Crippen molar-refractivity contribution in [1.82, 2.24) is 20.2 Å². The molecule has 19 heavy (non-hydrogen) atoms. The van der Waals surface area contributed by atoms with Gasteiger partial charge in [-0.1, -0.05) is 0 Å². The van der Waals surface area contributed by atoms with Crippen LogP contribution in [0.5, 0.6) is 0 Å². The molecule has 2 rings (SSSR count). The summed E-state index contributed by atoms with van der Waals surface area (Å²) in [5.41, 5.74) is -0.608. The zero-order valence-corrected chi connectivity index (χ0v) is 9.62. The lowest BCUT2D eigenvalue weighted by atomic mass is 10.1. The van der Waals surface area contributed by atoms with Crippen LogP contribution in [0.4, 0.5) is 0 Å². The van der Waals surface area contributed by atoms with Gasteiger partial charge in [-0.05, 0) is 0 Å². The number of H-pyrrole nitrogens is 1. The largest absolute Gasteiger partial charge is 0.480 e. The van der Waals surface area contributed by atoms with E-state index in [0.717, 1.165) is 17.3 Å². The molecule has 9 nitrogen and oxygen atoms in total. The summed E-state index contributed by atoms with van der Waals surface area (Å²) >= 11 is 0. The van der Waals surface area contributed by atoms with Gasteiger partial charge in [0.1, 0.15) is 18.3 Å². The molecule has 1 fully saturated rings. The number of aromatic amines is 1. The van der Waals surface area contributed by atoms with E-state index in [1.54, 1.807) is 0 Å². The number of carboxylic acids is 1. The Bertz CT molecular complexity index is 575. The molecular formula is C10H10N4O5. The second-order valence-corrected chi connectivity index (χ2v) is 3.89. The average Bonchev–Trinajstić information content (AvgIpc) is 2.38. The number of nitrogens with zero attached hydrogens (tertiary/aromatic N) is 2. The fourth-order valence-electron chi connectivity index (χ4n) is 1.68. The van der Waals surface area contributed by atoms with Gasteiger partial charge in [-0.25, -0.2) is 9.78 Å². The summed E-state index contributed by atoms with van der Waals surface area (Å²) in [5.74, 6) is -2.40. The fourth-order valence-corrected chi connectivity index (χ4v) is 1.68. The number of rotatable bonds is 2. The van der Waals surface area contributed by atoms with E-state index in [4.69, 9.17) is 5.11 Å². The van der Waals surface area contributed by atoms with Gasteiger partial charge >= 0.3 is 5.97 Å². The molecule has 0 spiro atoms. The second-order valence-electron chi connectivity index (χ2n) is 3.89. The van der Waals surface area contributed by atoms with Crippen LogP contribution in [0, 0.1) is 0 Å². The van der Waals surface area contributed by atoms with Crippen molar-refractivity contribution in [1.29, 1.82) is 0 Å². The molecule has 1 aliphatic rings. The minimum atomic E-state index is -1.22. The number of amides is 2. The van der Waals surface area contributed by atoms with Gasteiger partial charge < -0.3 is 20.3 Å². The van der Waals surface area contributed by atoms with Crippen LogP contribution in [-0.2, 0) is 9.59 Å². The first kappa shape index (κ1) is 12.7. The monoisotopic (exact) mass is 266 g/mol. The quantitative estimate of drug-likeness (QED) is 0.556. The third-order valence-electron chi connectivity index (χ3n) is 2.62. The SMILES string of the molecule is O=C1CN(C(=O)c2c[nH]c(=O)cn2)C(C(=O)O)CN1. The number of aromatic nitrogens is 2. The molecule has 1 aliphatic heterocycles. The molecule has 3 N–H and O–H groups in total. The van der Waals surface area contributed by atoms with Gasteiger partial charge in [-0.3, -0.25) is 14.4 Å². The summed E-state index contributed by atoms with van der Waals surface area (Å²) in [4.78, 5) is 52.0. The van der Waals surface area contributed by atoms with Gasteiger partial charge in [0.05, 0.1) is 6.20 Å². The molecular weight excluding hydrogens is 256 g/mol. The lowest BCUT2D eigenvalue weighted by Gasteiger charge is -2.32. The highest BCUT2D eigenvalue weighted by atomic mass is 16.4. The van der Waals surface area contributed by atoms with Crippen molar-refractivity contribution in [2.24, 2.45) is 0 Å². The third-order valence-corrected chi connectivity index (χ3v) is 2.62. The van der Waals surface area contributed by atoms with Crippen LogP contribution in [0.1, 0.15) is 10.5 Å². The Morgan fingerprint density at radius 2 is 2.16 bits per heavy atom. The molecule has 1 saturated heterocycles. The summed E-state index contributed by atoms with van der Waals surface area (Å²) in [6, 6.07) is -1.15. The Kier molecular flexibility index (Phi) is 3.27. The van der Waals surface area contributed by atoms with Crippen molar-refractivity contribution < 1.29 is 19.5 Å². The Balaban J connectivity index is 2.28. The molecule has 1 unspecified atom stereocenters. The fraction of sp³-hybridized carbons (Fsp3) is 0.300. The van der Waals surface area contributed by atoms with Crippen molar-refractivity contribution in [3.05, 3.63) is 28.4 Å². The van der Waals surface area contributed by atoms with Gasteiger partial charge in [0, 0.05) is 12.7 Å². The maximum Gasteiger partial charge on any atom is 0.328 e. The highest BCUT2D eigenvalue weighted by Gasteiger charge is 2.36. The number of carbonyl (C=O) groups excluding carboxylic acids is 2. The summed E-state index contributed by atoms with van der Waals surface area (Å²) in [6.45, 7) is -0.528. The van der Waals surface area contributed by atoms with E-state index in [1.165, 1.54) is 0 Å². The number of piperazine rings is 1. The Morgan fingerprint density at radius 1 is 1.42 bits per heavy atom. The van der Waals surface area contributed by atoms with E-state index in [-0.39, 0.29) is 18.8 Å². The molecule has 100 valence electrons. The number of carboxylic acid groups (broad SMARTS) is 1. The topological polar surface area (TPSA) is 132 Å². The minimum Gasteiger partial charge on any atom is -0.480 e. The lowest BCUT2D eigenvalue weighted by Crippen LogP contribution is -2.59. The Hall–Kier alpha value is -2.71. The first-order chi connectivity index (χ1) is 8.99. The van der Waals surface area contributed by atoms with E-state index in [2.05, 4.69) is 15.3 Å². The zero-order chi connectivity index (χ0) is 14.0. The van der Waals surface area contributed by atoms with Crippen molar-refractivity contribution >= 4 is 17.8 Å². The maximum atomic E-state index is 12.1. The van der Waals surface area contributed by atoms with Crippen LogP contribution in [0.2, 0.25) is 0 Å². The zero-order valence-electron chi connectivity index (χ0n) is 9.62. The molecule has 1 atom stereocenters. The second kappa shape index (κ2) is 4.88. The van der Waals surface area contributed by atoms with Crippen molar-refractivity contribution in [2.75, 3.05) is 13.1 Å². The normalized spacial score (nSPS) is 18.8. The van der Waals surface area contributed by atoms with Gasteiger partial charge in [0.2, 0.25) is 5.91 Å². The van der Waals surface area contributed by atoms with Crippen LogP contribution in [0.15, 0.2) is 17.2 Å². The smallest absolute Gasteiger partial charge is 0.328 e. The number of nitrogens with one attached hydrogen (secondary N) is 2. The highest BCUT2D eigenvalue weighted by molar-refractivity contribution is 5.98. The predicted octanol–water partition coefficient (Wildman–Crippen LogP) is -2.20. The first-order valence-electron chi connectivity index (χ1n) is 5.34. The van der Waals surface area contributed by atoms with Crippen LogP contribution < -0.4 is 10.9 Å². The average molecular weight is 266 g/mol. The summed E-state index contributed by atoms with van der Waals surface area (Å²) in [5, 5.41) is 11.4. The molecule has 9 heteroatoms. The minimum absolute atomic E-state index is 0.124. The number of hydrogen-bond donors (Lipinski definition) is 3. The standard InChI is InChI=1S/C10H10N4O5/c15-7-3-11-5(1-12-7)9(17)14-4-8(16)13-2-6(14)10(18)19/h1,3,6H,2,4H2,(H,12,15)(H,13,16)(H,18,19). The van der Waals surface area contributed by atoms with E-state index < -0.39 is 29.4 Å². The van der Waals surface area contributed by atoms with Crippen molar-refractivity contribution in [2.45, 2.75) is 6.04 Å². The molecule has 2 amide bonds. The Morgan fingerprint density at radius 3 is 2.74 bits per heavy atom. The van der Waals surface area contributed by atoms with Crippen molar-refractivity contribution in [3.63, 3.8) is 0 Å². The molecule has 0 aliphatic carbocycles. The van der Waals surface area contributed by atoms with Gasteiger partial charge in [-0.2, -0.15) is 0 Å². The third kappa shape index (κ3) is 2.59. The number of carbonyl (C=O) groups is 3. The maximum absolute atomic E-state index is 12.1. The lowest BCUT2D eigenvalue weighted by molar-refractivity contribution is -0.144. The van der Waals surface area contributed by atoms with Crippen LogP contribution in [-0.4, -0.2) is 56.9 Å². The van der Waals surface area contributed by atoms with Crippen LogP contribution >= 0.6 is 0 Å². The summed E-state index contributed by atoms with van der Waals surface area (Å²) < 4.78 is 0. The number of hydrogen-bond acceptors (Lipinski definition) is 5. The first-order valence-corrected chi connectivity index (χ1v) is 5.34.